The molecule has 0 amide bonds. The summed E-state index contributed by atoms with van der Waals surface area (Å²) in [6.07, 6.45) is 3.90. The van der Waals surface area contributed by atoms with E-state index < -0.39 is 0 Å². The van der Waals surface area contributed by atoms with Crippen molar-refractivity contribution in [1.29, 1.82) is 0 Å². The molecule has 0 aliphatic heterocycles. The second-order valence-electron chi connectivity index (χ2n) is 8.63. The van der Waals surface area contributed by atoms with Crippen LogP contribution in [-0.4, -0.2) is 60.8 Å². The normalized spacial score (nSPS) is 11.2. The Morgan fingerprint density at radius 1 is 1.06 bits per heavy atom. The first-order chi connectivity index (χ1) is 15.9. The number of nitrogens with zero attached hydrogens (tertiary/aromatic N) is 5. The van der Waals surface area contributed by atoms with E-state index in [1.54, 1.807) is 13.3 Å². The summed E-state index contributed by atoms with van der Waals surface area (Å²) in [4.78, 5) is 13.7. The molecule has 4 rings (SSSR count). The summed E-state index contributed by atoms with van der Waals surface area (Å²) in [5.74, 6) is 1.29. The molecule has 0 radical (unpaired) electrons. The van der Waals surface area contributed by atoms with Gasteiger partial charge in [-0.05, 0) is 44.8 Å². The molecule has 2 aromatic heterocycles. The zero-order chi connectivity index (χ0) is 23.5. The number of nitrogens with one attached hydrogen (secondary N) is 1. The van der Waals surface area contributed by atoms with Gasteiger partial charge in [0.25, 0.3) is 0 Å². The van der Waals surface area contributed by atoms with Crippen LogP contribution in [0.25, 0.3) is 22.2 Å². The second kappa shape index (κ2) is 9.50. The Morgan fingerprint density at radius 2 is 1.85 bits per heavy atom. The van der Waals surface area contributed by atoms with E-state index in [0.29, 0.717) is 5.95 Å². The molecule has 2 aromatic carbocycles. The topological polar surface area (TPSA) is 58.5 Å². The maximum absolute atomic E-state index is 5.71. The molecule has 0 aliphatic rings. The molecule has 0 unspecified atom stereocenters. The van der Waals surface area contributed by atoms with Crippen LogP contribution in [0.3, 0.4) is 0 Å². The molecule has 0 bridgehead atoms. The summed E-state index contributed by atoms with van der Waals surface area (Å²) >= 11 is 0. The maximum atomic E-state index is 5.71. The molecule has 7 nitrogen and oxygen atoms in total. The van der Waals surface area contributed by atoms with E-state index in [1.165, 1.54) is 10.9 Å². The molecule has 2 heterocycles. The van der Waals surface area contributed by atoms with Crippen molar-refractivity contribution in [3.63, 3.8) is 0 Å². The third kappa shape index (κ3) is 4.78. The van der Waals surface area contributed by atoms with E-state index in [0.717, 1.165) is 47.0 Å². The number of hydrogen-bond acceptors (Lipinski definition) is 6. The van der Waals surface area contributed by atoms with E-state index in [-0.39, 0.29) is 0 Å². The number of anilines is 3. The molecular formula is C26H32N6O. The van der Waals surface area contributed by atoms with Gasteiger partial charge in [-0.15, -0.1) is 0 Å². The molecule has 0 saturated carbocycles. The van der Waals surface area contributed by atoms with Crippen LogP contribution in [0.5, 0.6) is 5.75 Å². The minimum absolute atomic E-state index is 0.534. The lowest BCUT2D eigenvalue weighted by atomic mass is 10.1. The van der Waals surface area contributed by atoms with E-state index in [9.17, 15) is 0 Å². The lowest BCUT2D eigenvalue weighted by Gasteiger charge is -2.25. The van der Waals surface area contributed by atoms with Gasteiger partial charge in [0.15, 0.2) is 0 Å². The van der Waals surface area contributed by atoms with Gasteiger partial charge >= 0.3 is 0 Å². The number of rotatable bonds is 8. The average molecular weight is 445 g/mol. The zero-order valence-electron chi connectivity index (χ0n) is 20.3. The summed E-state index contributed by atoms with van der Waals surface area (Å²) in [5.41, 5.74) is 6.27. The molecule has 0 spiro atoms. The van der Waals surface area contributed by atoms with Crippen molar-refractivity contribution in [1.82, 2.24) is 19.4 Å². The first-order valence-corrected chi connectivity index (χ1v) is 11.1. The van der Waals surface area contributed by atoms with Crippen LogP contribution in [0.4, 0.5) is 17.3 Å². The molecule has 1 N–H and O–H groups in total. The molecule has 0 saturated heterocycles. The van der Waals surface area contributed by atoms with Crippen LogP contribution < -0.4 is 15.0 Å². The first-order valence-electron chi connectivity index (χ1n) is 11.1. The number of hydrogen-bond donors (Lipinski definition) is 1. The van der Waals surface area contributed by atoms with Gasteiger partial charge in [0.2, 0.25) is 5.95 Å². The van der Waals surface area contributed by atoms with Crippen molar-refractivity contribution >= 4 is 28.2 Å². The Balaban J connectivity index is 1.63. The van der Waals surface area contributed by atoms with Crippen molar-refractivity contribution in [2.45, 2.75) is 6.92 Å². The molecule has 172 valence electrons. The van der Waals surface area contributed by atoms with E-state index in [1.807, 2.05) is 6.07 Å². The largest absolute Gasteiger partial charge is 0.494 e. The summed E-state index contributed by atoms with van der Waals surface area (Å²) in [5, 5.41) is 4.53. The van der Waals surface area contributed by atoms with E-state index in [4.69, 9.17) is 9.72 Å². The predicted octanol–water partition coefficient (Wildman–Crippen LogP) is 4.69. The number of para-hydroxylation sites is 1. The van der Waals surface area contributed by atoms with Crippen LogP contribution in [0, 0.1) is 6.92 Å². The highest BCUT2D eigenvalue weighted by atomic mass is 16.5. The van der Waals surface area contributed by atoms with Crippen molar-refractivity contribution in [2.24, 2.45) is 7.05 Å². The van der Waals surface area contributed by atoms with Crippen LogP contribution >= 0.6 is 0 Å². The number of benzene rings is 2. The van der Waals surface area contributed by atoms with Gasteiger partial charge in [-0.3, -0.25) is 0 Å². The fraction of sp³-hybridized carbons (Fsp3) is 0.308. The summed E-state index contributed by atoms with van der Waals surface area (Å²) in [7, 11) is 10.0. The molecular weight excluding hydrogens is 412 g/mol. The standard InChI is InChI=1S/C26H32N6O/c1-18-15-22(25(33-6)16-24(18)31(4)14-13-30(2)3)29-26-27-12-11-21(28-26)20-17-32(5)23-10-8-7-9-19(20)23/h7-12,15-17H,13-14H2,1-6H3,(H,27,28,29). The SMILES string of the molecule is COc1cc(N(C)CCN(C)C)c(C)cc1Nc1nccc(-c2cn(C)c3ccccc23)n1. The summed E-state index contributed by atoms with van der Waals surface area (Å²) in [6, 6.07) is 14.4. The molecule has 33 heavy (non-hydrogen) atoms. The van der Waals surface area contributed by atoms with Gasteiger partial charge in [-0.25, -0.2) is 9.97 Å². The van der Waals surface area contributed by atoms with Crippen molar-refractivity contribution in [2.75, 3.05) is 51.6 Å². The van der Waals surface area contributed by atoms with E-state index >= 15 is 0 Å². The second-order valence-corrected chi connectivity index (χ2v) is 8.63. The van der Waals surface area contributed by atoms with Gasteiger partial charge in [0.1, 0.15) is 5.75 Å². The number of ether oxygens (including phenoxy) is 1. The molecule has 0 fully saturated rings. The third-order valence-corrected chi connectivity index (χ3v) is 5.89. The quantitative estimate of drug-likeness (QED) is 0.425. The number of aromatic nitrogens is 3. The lowest BCUT2D eigenvalue weighted by molar-refractivity contribution is 0.413. The van der Waals surface area contributed by atoms with Crippen LogP contribution in [0.15, 0.2) is 54.9 Å². The maximum Gasteiger partial charge on any atom is 0.227 e. The molecule has 0 aliphatic carbocycles. The average Bonchev–Trinajstić information content (AvgIpc) is 3.14. The monoisotopic (exact) mass is 444 g/mol. The first kappa shape index (κ1) is 22.6. The molecule has 4 aromatic rings. The fourth-order valence-corrected chi connectivity index (χ4v) is 4.06. The summed E-state index contributed by atoms with van der Waals surface area (Å²) in [6.45, 7) is 4.02. The number of aryl methyl sites for hydroxylation is 2. The number of likely N-dealkylation sites (N-methyl/N-ethyl adjacent to an activating group) is 2. The minimum Gasteiger partial charge on any atom is -0.494 e. The highest BCUT2D eigenvalue weighted by Gasteiger charge is 2.14. The highest BCUT2D eigenvalue weighted by Crippen LogP contribution is 2.35. The Labute approximate surface area is 195 Å². The van der Waals surface area contributed by atoms with Crippen molar-refractivity contribution < 1.29 is 4.74 Å². The molecule has 7 heteroatoms. The van der Waals surface area contributed by atoms with Gasteiger partial charge < -0.3 is 24.4 Å². The van der Waals surface area contributed by atoms with Crippen LogP contribution in [0.1, 0.15) is 5.56 Å². The zero-order valence-corrected chi connectivity index (χ0v) is 20.3. The Morgan fingerprint density at radius 3 is 2.61 bits per heavy atom. The minimum atomic E-state index is 0.534. The number of fused-ring (bicyclic) bond motifs is 1. The van der Waals surface area contributed by atoms with Gasteiger partial charge in [0, 0.05) is 67.8 Å². The third-order valence-electron chi connectivity index (χ3n) is 5.89. The summed E-state index contributed by atoms with van der Waals surface area (Å²) < 4.78 is 7.83. The van der Waals surface area contributed by atoms with Gasteiger partial charge in [-0.2, -0.15) is 0 Å². The smallest absolute Gasteiger partial charge is 0.227 e. The van der Waals surface area contributed by atoms with Crippen LogP contribution in [-0.2, 0) is 7.05 Å². The highest BCUT2D eigenvalue weighted by molar-refractivity contribution is 5.95. The predicted molar refractivity (Wildman–Crippen MR) is 137 cm³/mol. The molecule has 0 atom stereocenters. The van der Waals surface area contributed by atoms with Crippen LogP contribution in [0.2, 0.25) is 0 Å². The van der Waals surface area contributed by atoms with Gasteiger partial charge in [0.05, 0.1) is 18.5 Å². The Hall–Kier alpha value is -3.58. The fourth-order valence-electron chi connectivity index (χ4n) is 4.06. The lowest BCUT2D eigenvalue weighted by Crippen LogP contribution is -2.28. The number of methoxy groups -OCH3 is 1. The Kier molecular flexibility index (Phi) is 6.51. The van der Waals surface area contributed by atoms with Crippen molar-refractivity contribution in [3.8, 4) is 17.0 Å². The van der Waals surface area contributed by atoms with E-state index in [2.05, 4.69) is 102 Å². The Bertz CT molecular complexity index is 1260. The van der Waals surface area contributed by atoms with Crippen molar-refractivity contribution in [3.05, 3.63) is 60.4 Å². The van der Waals surface area contributed by atoms with Gasteiger partial charge in [-0.1, -0.05) is 18.2 Å².